The lowest BCUT2D eigenvalue weighted by Crippen LogP contribution is -2.39. The van der Waals surface area contributed by atoms with Crippen molar-refractivity contribution in [2.45, 2.75) is 17.1 Å². The van der Waals surface area contributed by atoms with Crippen LogP contribution in [0.25, 0.3) is 0 Å². The van der Waals surface area contributed by atoms with Crippen LogP contribution in [0, 0.1) is 20.2 Å². The average Bonchev–Trinajstić information content (AvgIpc) is 2.83. The van der Waals surface area contributed by atoms with Gasteiger partial charge in [-0.2, -0.15) is 0 Å². The van der Waals surface area contributed by atoms with Crippen LogP contribution in [0.3, 0.4) is 0 Å². The standard InChI is InChI=1S/C20H17BrFN3O9/c1-32-23-10-17(22)18(34-20(27)13-4-8-15(9-5-13)25(30)31)16(21)11-33-19(26)12-2-6-14(7-3-12)24(28)29/h2-10,16-18H,11H2,1H3/b23-10+. The van der Waals surface area contributed by atoms with Crippen molar-refractivity contribution in [2.24, 2.45) is 5.16 Å². The van der Waals surface area contributed by atoms with E-state index in [4.69, 9.17) is 9.47 Å². The third-order valence-electron chi connectivity index (χ3n) is 4.22. The number of hydrogen-bond donors (Lipinski definition) is 0. The molecule has 0 saturated heterocycles. The Morgan fingerprint density at radius 2 is 1.47 bits per heavy atom. The van der Waals surface area contributed by atoms with Gasteiger partial charge in [-0.1, -0.05) is 21.1 Å². The number of nitrogens with zero attached hydrogens (tertiary/aromatic N) is 3. The molecule has 0 bridgehead atoms. The Hall–Kier alpha value is -3.94. The molecule has 0 aliphatic heterocycles. The first-order chi connectivity index (χ1) is 16.1. The quantitative estimate of drug-likeness (QED) is 0.136. The molecule has 0 aromatic heterocycles. The first kappa shape index (κ1) is 26.3. The number of nitro groups is 2. The Morgan fingerprint density at radius 3 is 1.91 bits per heavy atom. The van der Waals surface area contributed by atoms with Crippen molar-refractivity contribution < 1.29 is 38.1 Å². The zero-order chi connectivity index (χ0) is 25.3. The van der Waals surface area contributed by atoms with E-state index in [9.17, 15) is 34.2 Å². The molecule has 0 spiro atoms. The molecule has 0 saturated carbocycles. The predicted octanol–water partition coefficient (Wildman–Crippen LogP) is 3.62. The van der Waals surface area contributed by atoms with Gasteiger partial charge < -0.3 is 14.3 Å². The minimum absolute atomic E-state index is 0.0162. The lowest BCUT2D eigenvalue weighted by atomic mass is 10.1. The molecular formula is C20H17BrFN3O9. The molecule has 0 N–H and O–H groups in total. The molecule has 14 heteroatoms. The second-order valence-electron chi connectivity index (χ2n) is 6.47. The van der Waals surface area contributed by atoms with Crippen molar-refractivity contribution in [1.82, 2.24) is 0 Å². The second kappa shape index (κ2) is 12.3. The van der Waals surface area contributed by atoms with Crippen LogP contribution < -0.4 is 0 Å². The van der Waals surface area contributed by atoms with Crippen molar-refractivity contribution in [1.29, 1.82) is 0 Å². The van der Waals surface area contributed by atoms with Gasteiger partial charge in [-0.05, 0) is 24.3 Å². The van der Waals surface area contributed by atoms with Gasteiger partial charge in [0.2, 0.25) is 0 Å². The minimum atomic E-state index is -1.98. The number of oxime groups is 1. The fraction of sp³-hybridized carbons (Fsp3) is 0.250. The molecule has 2 rings (SSSR count). The summed E-state index contributed by atoms with van der Waals surface area (Å²) in [4.78, 5) is 48.2. The number of non-ortho nitro benzene ring substituents is 2. The molecule has 2 aromatic rings. The van der Waals surface area contributed by atoms with E-state index in [0.717, 1.165) is 42.6 Å². The summed E-state index contributed by atoms with van der Waals surface area (Å²) in [6.07, 6.45) is -2.78. The van der Waals surface area contributed by atoms with Crippen LogP contribution in [0.2, 0.25) is 0 Å². The molecule has 0 amide bonds. The van der Waals surface area contributed by atoms with Gasteiger partial charge in [0.05, 0.1) is 32.0 Å². The topological polar surface area (TPSA) is 160 Å². The van der Waals surface area contributed by atoms with Crippen molar-refractivity contribution in [3.8, 4) is 0 Å². The maximum absolute atomic E-state index is 14.7. The highest BCUT2D eigenvalue weighted by atomic mass is 79.9. The highest BCUT2D eigenvalue weighted by molar-refractivity contribution is 9.09. The van der Waals surface area contributed by atoms with Crippen molar-refractivity contribution in [3.63, 3.8) is 0 Å². The Balaban J connectivity index is 2.10. The third-order valence-corrected chi connectivity index (χ3v) is 5.01. The van der Waals surface area contributed by atoms with Gasteiger partial charge in [-0.25, -0.2) is 14.0 Å². The summed E-state index contributed by atoms with van der Waals surface area (Å²) in [6.45, 7) is -0.449. The molecule has 0 heterocycles. The van der Waals surface area contributed by atoms with Gasteiger partial charge in [0.1, 0.15) is 13.7 Å². The number of esters is 2. The molecule has 0 aliphatic carbocycles. The number of rotatable bonds is 11. The Labute approximate surface area is 199 Å². The van der Waals surface area contributed by atoms with E-state index in [1.807, 2.05) is 0 Å². The largest absolute Gasteiger partial charge is 0.461 e. The zero-order valence-corrected chi connectivity index (χ0v) is 19.0. The van der Waals surface area contributed by atoms with Crippen molar-refractivity contribution in [3.05, 3.63) is 79.9 Å². The van der Waals surface area contributed by atoms with Gasteiger partial charge >= 0.3 is 11.9 Å². The van der Waals surface area contributed by atoms with Crippen molar-refractivity contribution >= 4 is 45.5 Å². The normalized spacial score (nSPS) is 13.5. The minimum Gasteiger partial charge on any atom is -0.461 e. The number of carbonyl (C=O) groups excluding carboxylic acids is 2. The fourth-order valence-electron chi connectivity index (χ4n) is 2.51. The van der Waals surface area contributed by atoms with E-state index in [-0.39, 0.29) is 22.5 Å². The van der Waals surface area contributed by atoms with E-state index in [1.54, 1.807) is 0 Å². The van der Waals surface area contributed by atoms with Gasteiger partial charge in [-0.3, -0.25) is 20.2 Å². The van der Waals surface area contributed by atoms with Gasteiger partial charge in [0, 0.05) is 24.3 Å². The number of benzene rings is 2. The van der Waals surface area contributed by atoms with E-state index in [0.29, 0.717) is 0 Å². The Bertz CT molecular complexity index is 1060. The molecule has 34 heavy (non-hydrogen) atoms. The van der Waals surface area contributed by atoms with Crippen LogP contribution >= 0.6 is 15.9 Å². The predicted molar refractivity (Wildman–Crippen MR) is 119 cm³/mol. The molecule has 3 atom stereocenters. The zero-order valence-electron chi connectivity index (χ0n) is 17.4. The number of ether oxygens (including phenoxy) is 2. The lowest BCUT2D eigenvalue weighted by molar-refractivity contribution is -0.385. The van der Waals surface area contributed by atoms with Crippen LogP contribution in [0.5, 0.6) is 0 Å². The molecule has 0 fully saturated rings. The number of hydrogen-bond acceptors (Lipinski definition) is 10. The third kappa shape index (κ3) is 7.30. The number of carbonyl (C=O) groups is 2. The van der Waals surface area contributed by atoms with E-state index in [1.165, 1.54) is 19.2 Å². The van der Waals surface area contributed by atoms with Gasteiger partial charge in [0.25, 0.3) is 11.4 Å². The summed E-state index contributed by atoms with van der Waals surface area (Å²) in [5.74, 6) is -1.83. The first-order valence-corrected chi connectivity index (χ1v) is 10.3. The van der Waals surface area contributed by atoms with Crippen LogP contribution in [-0.2, 0) is 14.3 Å². The van der Waals surface area contributed by atoms with E-state index >= 15 is 0 Å². The van der Waals surface area contributed by atoms with E-state index < -0.39 is 45.5 Å². The van der Waals surface area contributed by atoms with Crippen molar-refractivity contribution in [2.75, 3.05) is 13.7 Å². The molecule has 12 nitrogen and oxygen atoms in total. The van der Waals surface area contributed by atoms with Gasteiger partial charge in [-0.15, -0.1) is 0 Å². The summed E-state index contributed by atoms with van der Waals surface area (Å²) in [7, 11) is 1.18. The summed E-state index contributed by atoms with van der Waals surface area (Å²) in [5, 5.41) is 24.8. The first-order valence-electron chi connectivity index (χ1n) is 9.35. The summed E-state index contributed by atoms with van der Waals surface area (Å²) < 4.78 is 25.0. The van der Waals surface area contributed by atoms with Crippen LogP contribution in [0.4, 0.5) is 15.8 Å². The summed E-state index contributed by atoms with van der Waals surface area (Å²) in [6, 6.07) is 9.09. The second-order valence-corrected chi connectivity index (χ2v) is 7.65. The van der Waals surface area contributed by atoms with Crippen LogP contribution in [-0.4, -0.2) is 58.8 Å². The van der Waals surface area contributed by atoms with Crippen LogP contribution in [0.1, 0.15) is 20.7 Å². The molecule has 2 aromatic carbocycles. The highest BCUT2D eigenvalue weighted by Gasteiger charge is 2.33. The lowest BCUT2D eigenvalue weighted by Gasteiger charge is -2.24. The fourth-order valence-corrected chi connectivity index (χ4v) is 3.04. The Kier molecular flexibility index (Phi) is 9.55. The number of alkyl halides is 2. The molecule has 180 valence electrons. The molecule has 0 radical (unpaired) electrons. The SMILES string of the molecule is CO/N=C/C(F)C(OC(=O)c1ccc([N+](=O)[O-])cc1)C(Br)COC(=O)c1ccc([N+](=O)[O-])cc1. The van der Waals surface area contributed by atoms with Gasteiger partial charge in [0.15, 0.2) is 12.3 Å². The van der Waals surface area contributed by atoms with E-state index in [2.05, 4.69) is 25.9 Å². The molecule has 3 unspecified atom stereocenters. The smallest absolute Gasteiger partial charge is 0.338 e. The van der Waals surface area contributed by atoms with Crippen LogP contribution in [0.15, 0.2) is 53.7 Å². The maximum atomic E-state index is 14.7. The molecular weight excluding hydrogens is 525 g/mol. The Morgan fingerprint density at radius 1 is 1.00 bits per heavy atom. The summed E-state index contributed by atoms with van der Waals surface area (Å²) >= 11 is 3.12. The highest BCUT2D eigenvalue weighted by Crippen LogP contribution is 2.20. The average molecular weight is 542 g/mol. The molecule has 0 aliphatic rings. The number of halogens is 2. The monoisotopic (exact) mass is 541 g/mol. The number of nitro benzene ring substituents is 2. The summed E-state index contributed by atoms with van der Waals surface area (Å²) in [5.41, 5.74) is -0.525. The maximum Gasteiger partial charge on any atom is 0.338 e.